The summed E-state index contributed by atoms with van der Waals surface area (Å²) in [5, 5.41) is 9.79. The van der Waals surface area contributed by atoms with Gasteiger partial charge in [0.1, 0.15) is 0 Å². The van der Waals surface area contributed by atoms with Crippen molar-refractivity contribution in [3.8, 4) is 0 Å². The molecular weight excluding hydrogens is 180 g/mol. The van der Waals surface area contributed by atoms with Gasteiger partial charge in [-0.2, -0.15) is 11.8 Å². The second-order valence-electron chi connectivity index (χ2n) is 4.76. The van der Waals surface area contributed by atoms with Gasteiger partial charge in [0.2, 0.25) is 0 Å². The molecule has 0 spiro atoms. The number of aliphatic hydroxyl groups is 1. The Kier molecular flexibility index (Phi) is 6.06. The van der Waals surface area contributed by atoms with Crippen LogP contribution >= 0.6 is 11.8 Å². The molecule has 0 radical (unpaired) electrons. The van der Waals surface area contributed by atoms with Crippen LogP contribution in [0.25, 0.3) is 0 Å². The lowest BCUT2D eigenvalue weighted by Crippen LogP contribution is -2.23. The first-order valence-electron chi connectivity index (χ1n) is 5.19. The maximum Gasteiger partial charge on any atom is 0.0656 e. The van der Waals surface area contributed by atoms with E-state index in [-0.39, 0.29) is 10.9 Å². The van der Waals surface area contributed by atoms with Gasteiger partial charge in [-0.1, -0.05) is 41.0 Å². The van der Waals surface area contributed by atoms with E-state index < -0.39 is 0 Å². The monoisotopic (exact) mass is 204 g/mol. The molecule has 0 fully saturated rings. The molecule has 13 heavy (non-hydrogen) atoms. The zero-order valence-corrected chi connectivity index (χ0v) is 10.4. The van der Waals surface area contributed by atoms with Crippen LogP contribution < -0.4 is 0 Å². The van der Waals surface area contributed by atoms with Gasteiger partial charge in [-0.3, -0.25) is 0 Å². The Labute approximate surface area is 87.3 Å². The van der Waals surface area contributed by atoms with Crippen molar-refractivity contribution in [1.82, 2.24) is 0 Å². The van der Waals surface area contributed by atoms with Gasteiger partial charge in [0.05, 0.1) is 6.10 Å². The summed E-state index contributed by atoms with van der Waals surface area (Å²) in [5.41, 5.74) is 0. The van der Waals surface area contributed by atoms with Crippen molar-refractivity contribution in [2.45, 2.75) is 58.3 Å². The van der Waals surface area contributed by atoms with E-state index in [0.717, 1.165) is 12.2 Å². The van der Waals surface area contributed by atoms with Gasteiger partial charge in [-0.25, -0.2) is 0 Å². The smallest absolute Gasteiger partial charge is 0.0656 e. The lowest BCUT2D eigenvalue weighted by molar-refractivity contribution is 0.134. The van der Waals surface area contributed by atoms with Gasteiger partial charge >= 0.3 is 0 Å². The Bertz CT molecular complexity index is 129. The molecule has 0 aliphatic rings. The van der Waals surface area contributed by atoms with E-state index in [1.165, 1.54) is 6.42 Å². The van der Waals surface area contributed by atoms with Crippen molar-refractivity contribution < 1.29 is 5.11 Å². The second-order valence-corrected chi connectivity index (χ2v) is 6.60. The second kappa shape index (κ2) is 5.92. The molecule has 0 saturated carbocycles. The fraction of sp³-hybridized carbons (Fsp3) is 1.00. The van der Waals surface area contributed by atoms with E-state index in [1.54, 1.807) is 0 Å². The van der Waals surface area contributed by atoms with Crippen molar-refractivity contribution in [3.05, 3.63) is 0 Å². The Morgan fingerprint density at radius 1 is 1.31 bits per heavy atom. The molecule has 2 atom stereocenters. The quantitative estimate of drug-likeness (QED) is 0.741. The predicted octanol–water partition coefficient (Wildman–Crippen LogP) is 3.32. The van der Waals surface area contributed by atoms with Crippen molar-refractivity contribution in [1.29, 1.82) is 0 Å². The molecular formula is C11H24OS. The van der Waals surface area contributed by atoms with E-state index in [1.807, 2.05) is 11.8 Å². The summed E-state index contributed by atoms with van der Waals surface area (Å²) in [6.45, 7) is 10.9. The standard InChI is InChI=1S/C11H24OS/c1-6-7-9(2)10(12)8-13-11(3,4)5/h9-10,12H,6-8H2,1-5H3. The number of aliphatic hydroxyl groups excluding tert-OH is 1. The van der Waals surface area contributed by atoms with Crippen molar-refractivity contribution in [3.63, 3.8) is 0 Å². The number of hydrogen-bond acceptors (Lipinski definition) is 2. The molecule has 0 saturated heterocycles. The van der Waals surface area contributed by atoms with Crippen LogP contribution in [0.1, 0.15) is 47.5 Å². The zero-order chi connectivity index (χ0) is 10.5. The van der Waals surface area contributed by atoms with E-state index in [4.69, 9.17) is 0 Å². The average molecular weight is 204 g/mol. The lowest BCUT2D eigenvalue weighted by atomic mass is 10.0. The summed E-state index contributed by atoms with van der Waals surface area (Å²) >= 11 is 1.85. The highest BCUT2D eigenvalue weighted by atomic mass is 32.2. The van der Waals surface area contributed by atoms with Crippen LogP contribution in [0.4, 0.5) is 0 Å². The minimum absolute atomic E-state index is 0.135. The van der Waals surface area contributed by atoms with E-state index in [0.29, 0.717) is 5.92 Å². The summed E-state index contributed by atoms with van der Waals surface area (Å²) in [5.74, 6) is 1.31. The Morgan fingerprint density at radius 3 is 2.23 bits per heavy atom. The molecule has 2 heteroatoms. The molecule has 2 unspecified atom stereocenters. The fourth-order valence-corrected chi connectivity index (χ4v) is 2.15. The van der Waals surface area contributed by atoms with Crippen LogP contribution in [0.3, 0.4) is 0 Å². The highest BCUT2D eigenvalue weighted by Crippen LogP contribution is 2.26. The molecule has 0 aromatic rings. The fourth-order valence-electron chi connectivity index (χ4n) is 1.15. The largest absolute Gasteiger partial charge is 0.392 e. The van der Waals surface area contributed by atoms with Gasteiger partial charge in [0.15, 0.2) is 0 Å². The highest BCUT2D eigenvalue weighted by Gasteiger charge is 2.17. The normalized spacial score (nSPS) is 17.1. The third-order valence-electron chi connectivity index (χ3n) is 2.09. The zero-order valence-electron chi connectivity index (χ0n) is 9.63. The SMILES string of the molecule is CCCC(C)C(O)CSC(C)(C)C. The molecule has 0 aliphatic carbocycles. The van der Waals surface area contributed by atoms with Crippen LogP contribution in [-0.2, 0) is 0 Å². The molecule has 0 aromatic heterocycles. The molecule has 0 rings (SSSR count). The minimum Gasteiger partial charge on any atom is -0.392 e. The van der Waals surface area contributed by atoms with Gasteiger partial charge in [0.25, 0.3) is 0 Å². The molecule has 1 N–H and O–H groups in total. The number of hydrogen-bond donors (Lipinski definition) is 1. The van der Waals surface area contributed by atoms with Crippen molar-refractivity contribution in [2.75, 3.05) is 5.75 Å². The maximum absolute atomic E-state index is 9.79. The molecule has 80 valence electrons. The van der Waals surface area contributed by atoms with Crippen LogP contribution in [0, 0.1) is 5.92 Å². The minimum atomic E-state index is -0.135. The molecule has 0 heterocycles. The number of thioether (sulfide) groups is 1. The molecule has 0 aromatic carbocycles. The predicted molar refractivity (Wildman–Crippen MR) is 62.3 cm³/mol. The topological polar surface area (TPSA) is 20.2 Å². The molecule has 0 aliphatic heterocycles. The third-order valence-corrected chi connectivity index (χ3v) is 3.46. The van der Waals surface area contributed by atoms with Gasteiger partial charge < -0.3 is 5.11 Å². The maximum atomic E-state index is 9.79. The third kappa shape index (κ3) is 7.39. The summed E-state index contributed by atoms with van der Waals surface area (Å²) in [6.07, 6.45) is 2.16. The summed E-state index contributed by atoms with van der Waals surface area (Å²) in [6, 6.07) is 0. The average Bonchev–Trinajstić information content (AvgIpc) is 1.99. The Balaban J connectivity index is 3.67. The van der Waals surface area contributed by atoms with E-state index >= 15 is 0 Å². The Morgan fingerprint density at radius 2 is 1.85 bits per heavy atom. The van der Waals surface area contributed by atoms with Crippen LogP contribution in [0.5, 0.6) is 0 Å². The molecule has 1 nitrogen and oxygen atoms in total. The first-order valence-corrected chi connectivity index (χ1v) is 6.17. The summed E-state index contributed by atoms with van der Waals surface area (Å²) < 4.78 is 0.271. The Hall–Kier alpha value is 0.310. The summed E-state index contributed by atoms with van der Waals surface area (Å²) in [4.78, 5) is 0. The van der Waals surface area contributed by atoms with E-state index in [9.17, 15) is 5.11 Å². The van der Waals surface area contributed by atoms with Crippen LogP contribution in [0.2, 0.25) is 0 Å². The van der Waals surface area contributed by atoms with Gasteiger partial charge in [-0.15, -0.1) is 0 Å². The molecule has 0 bridgehead atoms. The lowest BCUT2D eigenvalue weighted by Gasteiger charge is -2.23. The number of rotatable bonds is 5. The highest BCUT2D eigenvalue weighted by molar-refractivity contribution is 8.00. The van der Waals surface area contributed by atoms with Gasteiger partial charge in [-0.05, 0) is 12.3 Å². The van der Waals surface area contributed by atoms with E-state index in [2.05, 4.69) is 34.6 Å². The van der Waals surface area contributed by atoms with Crippen LogP contribution in [-0.4, -0.2) is 21.7 Å². The first-order chi connectivity index (χ1) is 5.87. The van der Waals surface area contributed by atoms with Crippen LogP contribution in [0.15, 0.2) is 0 Å². The summed E-state index contributed by atoms with van der Waals surface area (Å²) in [7, 11) is 0. The van der Waals surface area contributed by atoms with Crippen molar-refractivity contribution in [2.24, 2.45) is 5.92 Å². The van der Waals surface area contributed by atoms with Crippen molar-refractivity contribution >= 4 is 11.8 Å². The first kappa shape index (κ1) is 13.3. The van der Waals surface area contributed by atoms with Gasteiger partial charge in [0, 0.05) is 10.5 Å². The molecule has 0 amide bonds.